The molecular formula is C44H50B2N2. The lowest BCUT2D eigenvalue weighted by molar-refractivity contribution is 0.663. The Hall–Kier alpha value is -3.91. The van der Waals surface area contributed by atoms with Crippen LogP contribution >= 0.6 is 0 Å². The molecule has 0 amide bonds. The SMILES string of the molecule is CCCCC1=CC2=CC=CC3=CC(CCCC)=C4C=C(C5=CC6=C(CCCC)C=C7C=CC=C8C=C(CCCC)C(=C5)B6N87)C=C1B4N23. The smallest absolute Gasteiger partial charge is 0.328 e. The predicted octanol–water partition coefficient (Wildman–Crippen LogP) is 11.4. The van der Waals surface area contributed by atoms with E-state index in [1.165, 1.54) is 129 Å². The Morgan fingerprint density at radius 1 is 0.458 bits per heavy atom. The molecule has 8 aliphatic rings. The minimum absolute atomic E-state index is 0.278. The molecule has 0 aromatic carbocycles. The molecule has 0 saturated carbocycles. The van der Waals surface area contributed by atoms with Crippen molar-refractivity contribution in [1.29, 1.82) is 0 Å². The van der Waals surface area contributed by atoms with Crippen molar-refractivity contribution >= 4 is 13.7 Å². The molecule has 8 heterocycles. The van der Waals surface area contributed by atoms with Crippen LogP contribution in [-0.2, 0) is 0 Å². The summed E-state index contributed by atoms with van der Waals surface area (Å²) in [5, 5.41) is 0. The van der Waals surface area contributed by atoms with Crippen molar-refractivity contribution in [2.45, 2.75) is 105 Å². The summed E-state index contributed by atoms with van der Waals surface area (Å²) in [6.07, 6.45) is 48.5. The van der Waals surface area contributed by atoms with E-state index >= 15 is 0 Å². The molecule has 4 heteroatoms. The fourth-order valence-corrected chi connectivity index (χ4v) is 8.93. The summed E-state index contributed by atoms with van der Waals surface area (Å²) in [5.74, 6) is 0. The van der Waals surface area contributed by atoms with E-state index in [-0.39, 0.29) is 13.7 Å². The van der Waals surface area contributed by atoms with Gasteiger partial charge in [-0.1, -0.05) is 89.8 Å². The first-order chi connectivity index (χ1) is 23.6. The first kappa shape index (κ1) is 31.4. The van der Waals surface area contributed by atoms with Crippen LogP contribution in [0.3, 0.4) is 0 Å². The summed E-state index contributed by atoms with van der Waals surface area (Å²) in [6, 6.07) is 0. The highest BCUT2D eigenvalue weighted by atomic mass is 15.1. The Morgan fingerprint density at radius 3 is 1.29 bits per heavy atom. The van der Waals surface area contributed by atoms with Gasteiger partial charge in [0.25, 0.3) is 0 Å². The van der Waals surface area contributed by atoms with Gasteiger partial charge in [-0.2, -0.15) is 0 Å². The minimum Gasteiger partial charge on any atom is -0.377 e. The van der Waals surface area contributed by atoms with Crippen LogP contribution in [0.5, 0.6) is 0 Å². The maximum Gasteiger partial charge on any atom is 0.328 e. The summed E-state index contributed by atoms with van der Waals surface area (Å²) >= 11 is 0. The minimum atomic E-state index is 0.278. The first-order valence-electron chi connectivity index (χ1n) is 19.2. The first-order valence-corrected chi connectivity index (χ1v) is 19.2. The number of nitrogens with zero attached hydrogens (tertiary/aromatic N) is 2. The number of allylic oxidation sites excluding steroid dienone is 24. The molecule has 0 saturated heterocycles. The van der Waals surface area contributed by atoms with Gasteiger partial charge in [0.15, 0.2) is 0 Å². The summed E-state index contributed by atoms with van der Waals surface area (Å²) in [7, 11) is 0. The van der Waals surface area contributed by atoms with Crippen molar-refractivity contribution in [3.63, 3.8) is 0 Å². The van der Waals surface area contributed by atoms with Crippen LogP contribution in [0.2, 0.25) is 0 Å². The zero-order valence-corrected chi connectivity index (χ0v) is 29.6. The third kappa shape index (κ3) is 5.27. The standard InChI is InChI=1S/C44H50B2N2/c1-5-9-15-31-23-37-19-13-20-38-24-32(16-10-6-2)42-28-35(27-41(31)45(42)47(37)38)36-29-43-33(17-11-7-3)25-39-21-14-22-40-26-34(18-12-8-4)44(30-36)46(43)48(39)40/h13-14,19-30H,5-12,15-18H2,1-4H3. The molecule has 2 nitrogen and oxygen atoms in total. The Kier molecular flexibility index (Phi) is 8.61. The summed E-state index contributed by atoms with van der Waals surface area (Å²) in [4.78, 5) is 5.23. The van der Waals surface area contributed by atoms with E-state index in [0.29, 0.717) is 0 Å². The topological polar surface area (TPSA) is 6.48 Å². The Labute approximate surface area is 290 Å². The second kappa shape index (κ2) is 13.2. The lowest BCUT2D eigenvalue weighted by Gasteiger charge is -2.46. The fraction of sp³-hybridized carbons (Fsp3) is 0.364. The maximum absolute atomic E-state index is 2.62. The molecule has 48 heavy (non-hydrogen) atoms. The van der Waals surface area contributed by atoms with E-state index in [9.17, 15) is 0 Å². The van der Waals surface area contributed by atoms with E-state index in [0.717, 1.165) is 25.7 Å². The molecule has 0 fully saturated rings. The molecule has 0 radical (unpaired) electrons. The number of rotatable bonds is 13. The highest BCUT2D eigenvalue weighted by Gasteiger charge is 2.46. The van der Waals surface area contributed by atoms with Crippen LogP contribution in [-0.4, -0.2) is 23.3 Å². The predicted molar refractivity (Wildman–Crippen MR) is 206 cm³/mol. The molecule has 242 valence electrons. The van der Waals surface area contributed by atoms with Crippen molar-refractivity contribution in [3.05, 3.63) is 163 Å². The van der Waals surface area contributed by atoms with E-state index in [1.807, 2.05) is 0 Å². The van der Waals surface area contributed by atoms with Crippen LogP contribution in [0.15, 0.2) is 163 Å². The van der Waals surface area contributed by atoms with Gasteiger partial charge in [0.2, 0.25) is 0 Å². The fourth-order valence-electron chi connectivity index (χ4n) is 8.93. The van der Waals surface area contributed by atoms with E-state index in [2.05, 4.69) is 122 Å². The average molecular weight is 629 g/mol. The largest absolute Gasteiger partial charge is 0.377 e. The zero-order valence-electron chi connectivity index (χ0n) is 29.6. The molecular weight excluding hydrogens is 578 g/mol. The van der Waals surface area contributed by atoms with Crippen molar-refractivity contribution in [3.8, 4) is 0 Å². The molecule has 0 unspecified atom stereocenters. The number of unbranched alkanes of at least 4 members (excludes halogenated alkanes) is 4. The van der Waals surface area contributed by atoms with Gasteiger partial charge < -0.3 is 9.62 Å². The molecule has 0 spiro atoms. The van der Waals surface area contributed by atoms with Crippen LogP contribution in [0.1, 0.15) is 105 Å². The van der Waals surface area contributed by atoms with E-state index in [1.54, 1.807) is 0 Å². The van der Waals surface area contributed by atoms with Crippen LogP contribution in [0.4, 0.5) is 0 Å². The van der Waals surface area contributed by atoms with Crippen molar-refractivity contribution in [1.82, 2.24) is 9.62 Å². The molecule has 0 atom stereocenters. The van der Waals surface area contributed by atoms with Gasteiger partial charge in [-0.3, -0.25) is 0 Å². The number of hydrogen-bond acceptors (Lipinski definition) is 2. The molecule has 0 aromatic rings. The van der Waals surface area contributed by atoms with Gasteiger partial charge in [-0.25, -0.2) is 0 Å². The maximum atomic E-state index is 2.62. The molecule has 0 aliphatic carbocycles. The lowest BCUT2D eigenvalue weighted by Crippen LogP contribution is -2.48. The van der Waals surface area contributed by atoms with Gasteiger partial charge in [-0.15, -0.1) is 0 Å². The monoisotopic (exact) mass is 628 g/mol. The highest BCUT2D eigenvalue weighted by molar-refractivity contribution is 6.76. The Bertz CT molecular complexity index is 1730. The molecule has 0 bridgehead atoms. The average Bonchev–Trinajstić information content (AvgIpc) is 3.12. The van der Waals surface area contributed by atoms with Crippen molar-refractivity contribution in [2.24, 2.45) is 0 Å². The number of hydrogen-bond donors (Lipinski definition) is 0. The van der Waals surface area contributed by atoms with E-state index < -0.39 is 0 Å². The Balaban J connectivity index is 1.33. The van der Waals surface area contributed by atoms with Crippen molar-refractivity contribution in [2.75, 3.05) is 0 Å². The quantitative estimate of drug-likeness (QED) is 0.187. The summed E-state index contributed by atoms with van der Waals surface area (Å²) in [5.41, 5.74) is 20.4. The zero-order chi connectivity index (χ0) is 32.8. The van der Waals surface area contributed by atoms with Gasteiger partial charge in [-0.05, 0) is 155 Å². The van der Waals surface area contributed by atoms with Crippen LogP contribution < -0.4 is 0 Å². The van der Waals surface area contributed by atoms with Gasteiger partial charge in [0.05, 0.1) is 0 Å². The highest BCUT2D eigenvalue weighted by Crippen LogP contribution is 2.49. The summed E-state index contributed by atoms with van der Waals surface area (Å²) < 4.78 is 0. The third-order valence-electron chi connectivity index (χ3n) is 11.4. The van der Waals surface area contributed by atoms with Crippen LogP contribution in [0, 0.1) is 0 Å². The van der Waals surface area contributed by atoms with Crippen LogP contribution in [0.25, 0.3) is 0 Å². The molecule has 0 N–H and O–H groups in total. The molecule has 8 rings (SSSR count). The van der Waals surface area contributed by atoms with Gasteiger partial charge in [0.1, 0.15) is 0 Å². The lowest BCUT2D eigenvalue weighted by atomic mass is 9.39. The van der Waals surface area contributed by atoms with Gasteiger partial charge in [0, 0.05) is 22.8 Å². The molecule has 0 aromatic heterocycles. The van der Waals surface area contributed by atoms with Crippen molar-refractivity contribution < 1.29 is 0 Å². The normalized spacial score (nSPS) is 21.4. The molecule has 8 aliphatic heterocycles. The van der Waals surface area contributed by atoms with E-state index in [4.69, 9.17) is 0 Å². The Morgan fingerprint density at radius 2 is 0.875 bits per heavy atom. The third-order valence-corrected chi connectivity index (χ3v) is 11.4. The second-order valence-corrected chi connectivity index (χ2v) is 14.7. The second-order valence-electron chi connectivity index (χ2n) is 14.7. The van der Waals surface area contributed by atoms with Gasteiger partial charge >= 0.3 is 13.7 Å². The summed E-state index contributed by atoms with van der Waals surface area (Å²) in [6.45, 7) is 9.85.